The fraction of sp³-hybridized carbons (Fsp3) is 0.333. The Bertz CT molecular complexity index is 594. The zero-order valence-corrected chi connectivity index (χ0v) is 11.3. The normalized spacial score (nSPS) is 14.6. The third-order valence-electron chi connectivity index (χ3n) is 3.02. The van der Waals surface area contributed by atoms with Crippen LogP contribution in [0.25, 0.3) is 0 Å². The Labute approximate surface area is 122 Å². The molecule has 0 radical (unpaired) electrons. The van der Waals surface area contributed by atoms with Gasteiger partial charge in [0.25, 0.3) is 0 Å². The highest BCUT2D eigenvalue weighted by atomic mass is 19.1. The van der Waals surface area contributed by atoms with Crippen LogP contribution in [-0.4, -0.2) is 19.3 Å². The average Bonchev–Trinajstić information content (AvgIpc) is 2.52. The van der Waals surface area contributed by atoms with Gasteiger partial charge in [-0.15, -0.1) is 0 Å². The van der Waals surface area contributed by atoms with Crippen LogP contribution < -0.4 is 10.1 Å². The van der Waals surface area contributed by atoms with Crippen molar-refractivity contribution in [1.29, 1.82) is 10.5 Å². The quantitative estimate of drug-likeness (QED) is 0.861. The lowest BCUT2D eigenvalue weighted by Gasteiger charge is -2.23. The number of benzene rings is 1. The van der Waals surface area contributed by atoms with Gasteiger partial charge in [0, 0.05) is 30.8 Å². The predicted molar refractivity (Wildman–Crippen MR) is 73.8 cm³/mol. The van der Waals surface area contributed by atoms with E-state index in [2.05, 4.69) is 5.32 Å². The fourth-order valence-electron chi connectivity index (χ4n) is 1.90. The monoisotopic (exact) mass is 287 g/mol. The zero-order chi connectivity index (χ0) is 15.1. The molecule has 1 fully saturated rings. The number of hydrogen-bond acceptors (Lipinski definition) is 5. The summed E-state index contributed by atoms with van der Waals surface area (Å²) in [7, 11) is 0. The van der Waals surface area contributed by atoms with Crippen LogP contribution in [0.2, 0.25) is 0 Å². The standard InChI is InChI=1S/C15H14FN3O2/c16-14-7-12(19-10-11(8-17)9-18)1-2-15(14)21-13-3-5-20-6-4-13/h1-2,7,10,13,19H,3-6H2. The highest BCUT2D eigenvalue weighted by molar-refractivity contribution is 5.51. The van der Waals surface area contributed by atoms with E-state index in [1.807, 2.05) is 0 Å². The van der Waals surface area contributed by atoms with Crippen LogP contribution in [0, 0.1) is 28.5 Å². The molecule has 1 aromatic carbocycles. The third-order valence-corrected chi connectivity index (χ3v) is 3.02. The van der Waals surface area contributed by atoms with E-state index in [9.17, 15) is 4.39 Å². The van der Waals surface area contributed by atoms with Crippen molar-refractivity contribution in [3.63, 3.8) is 0 Å². The largest absolute Gasteiger partial charge is 0.487 e. The van der Waals surface area contributed by atoms with Crippen molar-refractivity contribution in [2.75, 3.05) is 18.5 Å². The molecule has 0 aliphatic carbocycles. The minimum absolute atomic E-state index is 0.0317. The maximum absolute atomic E-state index is 13.9. The van der Waals surface area contributed by atoms with Crippen LogP contribution in [0.1, 0.15) is 12.8 Å². The highest BCUT2D eigenvalue weighted by Gasteiger charge is 2.17. The van der Waals surface area contributed by atoms with Crippen molar-refractivity contribution < 1.29 is 13.9 Å². The van der Waals surface area contributed by atoms with Crippen LogP contribution in [-0.2, 0) is 4.74 Å². The summed E-state index contributed by atoms with van der Waals surface area (Å²) < 4.78 is 24.8. The number of nitriles is 2. The maximum atomic E-state index is 13.9. The summed E-state index contributed by atoms with van der Waals surface area (Å²) in [6, 6.07) is 7.83. The summed E-state index contributed by atoms with van der Waals surface area (Å²) in [6.45, 7) is 1.25. The third kappa shape index (κ3) is 4.20. The van der Waals surface area contributed by atoms with Gasteiger partial charge in [-0.05, 0) is 12.1 Å². The van der Waals surface area contributed by atoms with E-state index < -0.39 is 5.82 Å². The molecule has 0 saturated carbocycles. The van der Waals surface area contributed by atoms with Gasteiger partial charge in [0.15, 0.2) is 11.6 Å². The summed E-state index contributed by atoms with van der Waals surface area (Å²) >= 11 is 0. The summed E-state index contributed by atoms with van der Waals surface area (Å²) in [5.41, 5.74) is 0.354. The molecule has 1 aliphatic rings. The Morgan fingerprint density at radius 2 is 2.05 bits per heavy atom. The lowest BCUT2D eigenvalue weighted by atomic mass is 10.1. The molecule has 1 heterocycles. The molecule has 0 atom stereocenters. The van der Waals surface area contributed by atoms with Crippen LogP contribution in [0.3, 0.4) is 0 Å². The van der Waals surface area contributed by atoms with Crippen LogP contribution in [0.5, 0.6) is 5.75 Å². The molecule has 1 N–H and O–H groups in total. The molecule has 2 rings (SSSR count). The van der Waals surface area contributed by atoms with Crippen LogP contribution in [0.4, 0.5) is 10.1 Å². The van der Waals surface area contributed by atoms with Gasteiger partial charge < -0.3 is 14.8 Å². The van der Waals surface area contributed by atoms with Crippen molar-refractivity contribution in [2.24, 2.45) is 0 Å². The SMILES string of the molecule is N#CC(C#N)=CNc1ccc(OC2CCOCC2)c(F)c1. The van der Waals surface area contributed by atoms with E-state index in [1.165, 1.54) is 18.3 Å². The number of halogens is 1. The molecule has 0 bridgehead atoms. The number of allylic oxidation sites excluding steroid dienone is 1. The number of rotatable bonds is 4. The molecular weight excluding hydrogens is 273 g/mol. The molecular formula is C15H14FN3O2. The second kappa shape index (κ2) is 7.28. The van der Waals surface area contributed by atoms with Crippen LogP contribution >= 0.6 is 0 Å². The summed E-state index contributed by atoms with van der Waals surface area (Å²) in [5.74, 6) is -0.299. The molecule has 6 heteroatoms. The van der Waals surface area contributed by atoms with Gasteiger partial charge in [-0.25, -0.2) is 4.39 Å². The first-order chi connectivity index (χ1) is 10.2. The molecule has 21 heavy (non-hydrogen) atoms. The molecule has 0 aromatic heterocycles. The first-order valence-corrected chi connectivity index (χ1v) is 6.54. The summed E-state index contributed by atoms with van der Waals surface area (Å²) in [6.07, 6.45) is 2.69. The first kappa shape index (κ1) is 14.8. The minimum Gasteiger partial charge on any atom is -0.487 e. The van der Waals surface area contributed by atoms with E-state index in [0.29, 0.717) is 18.9 Å². The Hall–Kier alpha value is -2.57. The fourth-order valence-corrected chi connectivity index (χ4v) is 1.90. The highest BCUT2D eigenvalue weighted by Crippen LogP contribution is 2.24. The maximum Gasteiger partial charge on any atom is 0.167 e. The number of hydrogen-bond donors (Lipinski definition) is 1. The Morgan fingerprint density at radius 3 is 2.67 bits per heavy atom. The summed E-state index contributed by atoms with van der Waals surface area (Å²) in [4.78, 5) is 0. The lowest BCUT2D eigenvalue weighted by molar-refractivity contribution is 0.0240. The smallest absolute Gasteiger partial charge is 0.167 e. The van der Waals surface area contributed by atoms with Crippen molar-refractivity contribution in [1.82, 2.24) is 0 Å². The zero-order valence-electron chi connectivity index (χ0n) is 11.3. The molecule has 1 aliphatic heterocycles. The average molecular weight is 287 g/mol. The van der Waals surface area contributed by atoms with Crippen molar-refractivity contribution >= 4 is 5.69 Å². The molecule has 0 unspecified atom stereocenters. The van der Waals surface area contributed by atoms with Gasteiger partial charge in [-0.1, -0.05) is 0 Å². The van der Waals surface area contributed by atoms with Crippen molar-refractivity contribution in [2.45, 2.75) is 18.9 Å². The van der Waals surface area contributed by atoms with E-state index in [4.69, 9.17) is 20.0 Å². The summed E-state index contributed by atoms with van der Waals surface area (Å²) in [5, 5.41) is 19.9. The van der Waals surface area contributed by atoms with Gasteiger partial charge in [0.1, 0.15) is 23.8 Å². The second-order valence-electron chi connectivity index (χ2n) is 4.50. The van der Waals surface area contributed by atoms with E-state index in [0.717, 1.165) is 12.8 Å². The first-order valence-electron chi connectivity index (χ1n) is 6.54. The molecule has 108 valence electrons. The lowest BCUT2D eigenvalue weighted by Crippen LogP contribution is -2.26. The predicted octanol–water partition coefficient (Wildman–Crippen LogP) is 2.73. The van der Waals surface area contributed by atoms with E-state index in [1.54, 1.807) is 18.2 Å². The Balaban J connectivity index is 2.02. The van der Waals surface area contributed by atoms with Gasteiger partial charge in [0.05, 0.1) is 13.2 Å². The second-order valence-corrected chi connectivity index (χ2v) is 4.50. The van der Waals surface area contributed by atoms with E-state index in [-0.39, 0.29) is 17.4 Å². The number of nitrogens with zero attached hydrogens (tertiary/aromatic N) is 2. The van der Waals surface area contributed by atoms with Crippen LogP contribution in [0.15, 0.2) is 30.0 Å². The topological polar surface area (TPSA) is 78.1 Å². The molecule has 5 nitrogen and oxygen atoms in total. The number of anilines is 1. The van der Waals surface area contributed by atoms with Crippen molar-refractivity contribution in [3.8, 4) is 17.9 Å². The number of nitrogens with one attached hydrogen (secondary N) is 1. The van der Waals surface area contributed by atoms with Gasteiger partial charge in [0.2, 0.25) is 0 Å². The Morgan fingerprint density at radius 1 is 1.33 bits per heavy atom. The van der Waals surface area contributed by atoms with Gasteiger partial charge in [-0.2, -0.15) is 10.5 Å². The van der Waals surface area contributed by atoms with Gasteiger partial charge in [-0.3, -0.25) is 0 Å². The molecule has 1 aromatic rings. The molecule has 0 spiro atoms. The molecule has 0 amide bonds. The minimum atomic E-state index is -0.490. The Kier molecular flexibility index (Phi) is 5.14. The van der Waals surface area contributed by atoms with E-state index >= 15 is 0 Å². The number of ether oxygens (including phenoxy) is 2. The van der Waals surface area contributed by atoms with Crippen molar-refractivity contribution in [3.05, 3.63) is 35.8 Å². The molecule has 1 saturated heterocycles. The van der Waals surface area contributed by atoms with Gasteiger partial charge >= 0.3 is 0 Å².